The molecule has 86 valence electrons. The van der Waals surface area contributed by atoms with E-state index in [1.165, 1.54) is 0 Å². The minimum absolute atomic E-state index is 0.160. The first-order valence-electron chi connectivity index (χ1n) is 5.47. The quantitative estimate of drug-likeness (QED) is 0.772. The van der Waals surface area contributed by atoms with Crippen LogP contribution in [0.3, 0.4) is 0 Å². The Hall–Kier alpha value is -1.68. The predicted molar refractivity (Wildman–Crippen MR) is 69.4 cm³/mol. The number of carbonyl (C=O) groups is 1. The third kappa shape index (κ3) is 1.65. The molecule has 1 amide bonds. The maximum absolute atomic E-state index is 11.6. The number of fused-ring (bicyclic) bond motifs is 1. The van der Waals surface area contributed by atoms with Crippen molar-refractivity contribution >= 4 is 22.9 Å². The van der Waals surface area contributed by atoms with Gasteiger partial charge in [0, 0.05) is 29.4 Å². The molecule has 0 saturated carbocycles. The normalized spacial score (nSPS) is 14.2. The molecule has 1 aliphatic rings. The molecular formula is C13H12N2OS. The van der Waals surface area contributed by atoms with Crippen molar-refractivity contribution in [2.45, 2.75) is 13.3 Å². The first kappa shape index (κ1) is 10.5. The highest BCUT2D eigenvalue weighted by molar-refractivity contribution is 7.13. The Labute approximate surface area is 104 Å². The lowest BCUT2D eigenvalue weighted by molar-refractivity contribution is -0.117. The molecule has 0 saturated heterocycles. The number of aryl methyl sites for hydroxylation is 1. The molecule has 3 rings (SSSR count). The standard InChI is InChI=1S/C13H12N2OS/c1-8-7-17-13(14-8)9-3-4-11-10(5-9)6-12(16)15(11)2/h3-5,7H,6H2,1-2H3. The van der Waals surface area contributed by atoms with Crippen molar-refractivity contribution in [2.24, 2.45) is 0 Å². The number of rotatable bonds is 1. The van der Waals surface area contributed by atoms with Crippen molar-refractivity contribution in [1.82, 2.24) is 4.98 Å². The summed E-state index contributed by atoms with van der Waals surface area (Å²) in [5.41, 5.74) is 4.26. The molecule has 4 heteroatoms. The Bertz CT molecular complexity index is 603. The van der Waals surface area contributed by atoms with Gasteiger partial charge in [-0.05, 0) is 30.7 Å². The summed E-state index contributed by atoms with van der Waals surface area (Å²) in [6, 6.07) is 6.12. The van der Waals surface area contributed by atoms with Gasteiger partial charge in [-0.25, -0.2) is 4.98 Å². The van der Waals surface area contributed by atoms with Crippen molar-refractivity contribution in [1.29, 1.82) is 0 Å². The van der Waals surface area contributed by atoms with Crippen LogP contribution in [0.1, 0.15) is 11.3 Å². The average Bonchev–Trinajstić information content (AvgIpc) is 2.85. The molecule has 0 unspecified atom stereocenters. The van der Waals surface area contributed by atoms with Crippen LogP contribution in [0.2, 0.25) is 0 Å². The summed E-state index contributed by atoms with van der Waals surface area (Å²) in [6.07, 6.45) is 0.504. The first-order valence-corrected chi connectivity index (χ1v) is 6.35. The van der Waals surface area contributed by atoms with E-state index in [2.05, 4.69) is 11.1 Å². The van der Waals surface area contributed by atoms with Gasteiger partial charge in [-0.2, -0.15) is 0 Å². The summed E-state index contributed by atoms with van der Waals surface area (Å²) >= 11 is 1.64. The lowest BCUT2D eigenvalue weighted by atomic mass is 10.1. The number of amides is 1. The average molecular weight is 244 g/mol. The molecule has 3 nitrogen and oxygen atoms in total. The number of hydrogen-bond acceptors (Lipinski definition) is 3. The predicted octanol–water partition coefficient (Wildman–Crippen LogP) is 2.64. The molecule has 0 spiro atoms. The summed E-state index contributed by atoms with van der Waals surface area (Å²) in [6.45, 7) is 1.99. The third-order valence-corrected chi connectivity index (χ3v) is 4.03. The zero-order valence-electron chi connectivity index (χ0n) is 9.73. The largest absolute Gasteiger partial charge is 0.315 e. The Morgan fingerprint density at radius 2 is 2.24 bits per heavy atom. The molecule has 0 atom stereocenters. The number of nitrogens with zero attached hydrogens (tertiary/aromatic N) is 2. The van der Waals surface area contributed by atoms with Gasteiger partial charge in [-0.15, -0.1) is 11.3 Å². The van der Waals surface area contributed by atoms with E-state index in [-0.39, 0.29) is 5.91 Å². The zero-order valence-corrected chi connectivity index (χ0v) is 10.5. The van der Waals surface area contributed by atoms with Crippen LogP contribution in [0, 0.1) is 6.92 Å². The number of carbonyl (C=O) groups excluding carboxylic acids is 1. The van der Waals surface area contributed by atoms with Gasteiger partial charge in [0.1, 0.15) is 5.01 Å². The van der Waals surface area contributed by atoms with E-state index in [1.54, 1.807) is 16.2 Å². The zero-order chi connectivity index (χ0) is 12.0. The van der Waals surface area contributed by atoms with Gasteiger partial charge in [0.2, 0.25) is 5.91 Å². The van der Waals surface area contributed by atoms with Gasteiger partial charge in [-0.3, -0.25) is 4.79 Å². The molecule has 2 aromatic rings. The van der Waals surface area contributed by atoms with Gasteiger partial charge in [0.05, 0.1) is 6.42 Å². The Kier molecular flexibility index (Phi) is 2.26. The Balaban J connectivity index is 2.06. The monoisotopic (exact) mass is 244 g/mol. The second kappa shape index (κ2) is 3.67. The highest BCUT2D eigenvalue weighted by Crippen LogP contribution is 2.32. The maximum Gasteiger partial charge on any atom is 0.231 e. The van der Waals surface area contributed by atoms with Crippen LogP contribution in [-0.2, 0) is 11.2 Å². The molecule has 17 heavy (non-hydrogen) atoms. The van der Waals surface area contributed by atoms with E-state index < -0.39 is 0 Å². The lowest BCUT2D eigenvalue weighted by Crippen LogP contribution is -2.20. The summed E-state index contributed by atoms with van der Waals surface area (Å²) < 4.78 is 0. The number of aromatic nitrogens is 1. The molecule has 0 fully saturated rings. The molecule has 2 heterocycles. The molecule has 0 bridgehead atoms. The van der Waals surface area contributed by atoms with Crippen LogP contribution < -0.4 is 4.90 Å². The van der Waals surface area contributed by atoms with Crippen molar-refractivity contribution in [3.8, 4) is 10.6 Å². The van der Waals surface area contributed by atoms with Crippen LogP contribution in [0.5, 0.6) is 0 Å². The van der Waals surface area contributed by atoms with Gasteiger partial charge in [-0.1, -0.05) is 0 Å². The first-order chi connectivity index (χ1) is 8.15. The van der Waals surface area contributed by atoms with Crippen LogP contribution in [0.15, 0.2) is 23.6 Å². The fraction of sp³-hybridized carbons (Fsp3) is 0.231. The summed E-state index contributed by atoms with van der Waals surface area (Å²) in [5.74, 6) is 0.160. The molecule has 0 radical (unpaired) electrons. The molecule has 0 N–H and O–H groups in total. The third-order valence-electron chi connectivity index (χ3n) is 3.02. The smallest absolute Gasteiger partial charge is 0.231 e. The van der Waals surface area contributed by atoms with Gasteiger partial charge >= 0.3 is 0 Å². The maximum atomic E-state index is 11.6. The highest BCUT2D eigenvalue weighted by atomic mass is 32.1. The van der Waals surface area contributed by atoms with Crippen LogP contribution in [0.25, 0.3) is 10.6 Å². The van der Waals surface area contributed by atoms with Crippen molar-refractivity contribution < 1.29 is 4.79 Å². The van der Waals surface area contributed by atoms with Crippen LogP contribution in [-0.4, -0.2) is 17.9 Å². The van der Waals surface area contributed by atoms with E-state index in [0.717, 1.165) is 27.5 Å². The fourth-order valence-electron chi connectivity index (χ4n) is 2.09. The van der Waals surface area contributed by atoms with Crippen molar-refractivity contribution in [2.75, 3.05) is 11.9 Å². The van der Waals surface area contributed by atoms with Crippen LogP contribution in [0.4, 0.5) is 5.69 Å². The number of anilines is 1. The minimum Gasteiger partial charge on any atom is -0.315 e. The second-order valence-corrected chi connectivity index (χ2v) is 5.13. The molecule has 1 aliphatic heterocycles. The highest BCUT2D eigenvalue weighted by Gasteiger charge is 2.24. The van der Waals surface area contributed by atoms with Crippen molar-refractivity contribution in [3.63, 3.8) is 0 Å². The number of likely N-dealkylation sites (N-methyl/N-ethyl adjacent to an activating group) is 1. The molecular weight excluding hydrogens is 232 g/mol. The van der Waals surface area contributed by atoms with Crippen LogP contribution >= 0.6 is 11.3 Å². The molecule has 0 aliphatic carbocycles. The Morgan fingerprint density at radius 1 is 1.41 bits per heavy atom. The fourth-order valence-corrected chi connectivity index (χ4v) is 2.88. The Morgan fingerprint density at radius 3 is 2.94 bits per heavy atom. The van der Waals surface area contributed by atoms with E-state index >= 15 is 0 Å². The van der Waals surface area contributed by atoms with E-state index in [9.17, 15) is 4.79 Å². The summed E-state index contributed by atoms with van der Waals surface area (Å²) in [4.78, 5) is 17.8. The SMILES string of the molecule is Cc1csc(-c2ccc3c(c2)CC(=O)N3C)n1. The lowest BCUT2D eigenvalue weighted by Gasteiger charge is -2.09. The van der Waals surface area contributed by atoms with E-state index in [0.29, 0.717) is 6.42 Å². The van der Waals surface area contributed by atoms with Gasteiger partial charge in [0.15, 0.2) is 0 Å². The van der Waals surface area contributed by atoms with E-state index in [1.807, 2.05) is 31.5 Å². The minimum atomic E-state index is 0.160. The topological polar surface area (TPSA) is 33.2 Å². The summed E-state index contributed by atoms with van der Waals surface area (Å²) in [5, 5.41) is 3.06. The van der Waals surface area contributed by atoms with Gasteiger partial charge in [0.25, 0.3) is 0 Å². The van der Waals surface area contributed by atoms with E-state index in [4.69, 9.17) is 0 Å². The van der Waals surface area contributed by atoms with Gasteiger partial charge < -0.3 is 4.90 Å². The second-order valence-electron chi connectivity index (χ2n) is 4.27. The number of hydrogen-bond donors (Lipinski definition) is 0. The molecule has 1 aromatic carbocycles. The summed E-state index contributed by atoms with van der Waals surface area (Å²) in [7, 11) is 1.82. The molecule has 1 aromatic heterocycles. The number of benzene rings is 1. The van der Waals surface area contributed by atoms with Crippen molar-refractivity contribution in [3.05, 3.63) is 34.8 Å². The number of thiazole rings is 1.